The van der Waals surface area contributed by atoms with E-state index in [1.165, 1.54) is 11.1 Å². The van der Waals surface area contributed by atoms with Gasteiger partial charge in [0.05, 0.1) is 0 Å². The molecule has 0 saturated carbocycles. The van der Waals surface area contributed by atoms with Gasteiger partial charge in [-0.15, -0.1) is 11.6 Å². The molecule has 0 atom stereocenters. The van der Waals surface area contributed by atoms with E-state index in [0.717, 1.165) is 35.6 Å². The van der Waals surface area contributed by atoms with E-state index in [0.29, 0.717) is 18.8 Å². The zero-order chi connectivity index (χ0) is 25.1. The van der Waals surface area contributed by atoms with Crippen LogP contribution in [-0.2, 0) is 11.2 Å². The van der Waals surface area contributed by atoms with Gasteiger partial charge < -0.3 is 10.0 Å². The molecule has 1 aliphatic carbocycles. The quantitative estimate of drug-likeness (QED) is 0.394. The standard InChI is InChI=1S/C27H31ClN2O2.C2H6/c1-4-20(2)30(25-10-9-22-7-5-6-8-23(22)19-25)27(32)16-18-29(21(3)15-17-28)24-11-13-26(31)14-12-24;1-2/h4,6,8-15,19,31H,5,7,16-18H2,1-3H3;1-2H3/b20-4+,21-15+;. The van der Waals surface area contributed by atoms with Crippen molar-refractivity contribution < 1.29 is 9.90 Å². The van der Waals surface area contributed by atoms with Crippen LogP contribution in [0.3, 0.4) is 0 Å². The van der Waals surface area contributed by atoms with Gasteiger partial charge in [-0.25, -0.2) is 0 Å². The lowest BCUT2D eigenvalue weighted by atomic mass is 9.96. The second kappa shape index (κ2) is 13.7. The Kier molecular flexibility index (Phi) is 11.0. The fraction of sp³-hybridized carbons (Fsp3) is 0.345. The number of hydrogen-bond acceptors (Lipinski definition) is 3. The Morgan fingerprint density at radius 3 is 2.38 bits per heavy atom. The highest BCUT2D eigenvalue weighted by Gasteiger charge is 2.20. The number of amides is 1. The SMILES string of the molecule is C/C=C(\C)N(C(=O)CCN(/C(C)=C/CCl)c1ccc(O)cc1)c1ccc2c(c1)C=CCC2.CC. The van der Waals surface area contributed by atoms with E-state index in [9.17, 15) is 9.90 Å². The lowest BCUT2D eigenvalue weighted by molar-refractivity contribution is -0.118. The molecule has 34 heavy (non-hydrogen) atoms. The molecule has 0 aromatic heterocycles. The van der Waals surface area contributed by atoms with Gasteiger partial charge in [0.25, 0.3) is 0 Å². The van der Waals surface area contributed by atoms with Crippen molar-refractivity contribution >= 4 is 35.0 Å². The number of anilines is 2. The number of benzene rings is 2. The average Bonchev–Trinajstić information content (AvgIpc) is 2.86. The molecule has 0 heterocycles. The summed E-state index contributed by atoms with van der Waals surface area (Å²) in [6.07, 6.45) is 10.6. The van der Waals surface area contributed by atoms with Gasteiger partial charge in [-0.1, -0.05) is 44.2 Å². The second-order valence-corrected chi connectivity index (χ2v) is 8.21. The van der Waals surface area contributed by atoms with Gasteiger partial charge in [0, 0.05) is 41.6 Å². The predicted octanol–water partition coefficient (Wildman–Crippen LogP) is 7.67. The number of carbonyl (C=O) groups excluding carboxylic acids is 1. The zero-order valence-electron chi connectivity index (χ0n) is 21.0. The van der Waals surface area contributed by atoms with Gasteiger partial charge in [-0.05, 0) is 81.1 Å². The van der Waals surface area contributed by atoms with E-state index < -0.39 is 0 Å². The van der Waals surface area contributed by atoms with Gasteiger partial charge in [0.1, 0.15) is 5.75 Å². The first-order valence-electron chi connectivity index (χ1n) is 12.0. The third-order valence-electron chi connectivity index (χ3n) is 5.79. The molecule has 2 aromatic rings. The Hall–Kier alpha value is -2.98. The van der Waals surface area contributed by atoms with Crippen LogP contribution in [-0.4, -0.2) is 23.4 Å². The summed E-state index contributed by atoms with van der Waals surface area (Å²) in [4.78, 5) is 17.3. The molecule has 1 amide bonds. The maximum absolute atomic E-state index is 13.4. The third kappa shape index (κ3) is 7.01. The first-order valence-corrected chi connectivity index (χ1v) is 12.5. The summed E-state index contributed by atoms with van der Waals surface area (Å²) in [7, 11) is 0. The molecule has 182 valence electrons. The smallest absolute Gasteiger partial charge is 0.233 e. The van der Waals surface area contributed by atoms with Gasteiger partial charge in [-0.3, -0.25) is 9.69 Å². The molecule has 0 bridgehead atoms. The van der Waals surface area contributed by atoms with Crippen molar-refractivity contribution in [1.29, 1.82) is 0 Å². The van der Waals surface area contributed by atoms with Gasteiger partial charge in [0.15, 0.2) is 0 Å². The number of fused-ring (bicyclic) bond motifs is 1. The monoisotopic (exact) mass is 480 g/mol. The van der Waals surface area contributed by atoms with Crippen molar-refractivity contribution in [2.45, 2.75) is 53.9 Å². The largest absolute Gasteiger partial charge is 0.508 e. The number of aromatic hydroxyl groups is 1. The number of allylic oxidation sites excluding steroid dienone is 5. The number of alkyl halides is 1. The first-order chi connectivity index (χ1) is 16.4. The van der Waals surface area contributed by atoms with Crippen LogP contribution >= 0.6 is 11.6 Å². The van der Waals surface area contributed by atoms with Gasteiger partial charge in [-0.2, -0.15) is 0 Å². The van der Waals surface area contributed by atoms with E-state index in [1.807, 2.05) is 65.0 Å². The Morgan fingerprint density at radius 2 is 1.74 bits per heavy atom. The fourth-order valence-corrected chi connectivity index (χ4v) is 4.13. The molecule has 2 aromatic carbocycles. The maximum Gasteiger partial charge on any atom is 0.233 e. The van der Waals surface area contributed by atoms with Gasteiger partial charge >= 0.3 is 0 Å². The molecule has 1 N–H and O–H groups in total. The first kappa shape index (κ1) is 27.3. The van der Waals surface area contributed by atoms with Gasteiger partial charge in [0.2, 0.25) is 5.91 Å². The summed E-state index contributed by atoms with van der Waals surface area (Å²) in [5, 5.41) is 9.64. The molecule has 0 saturated heterocycles. The van der Waals surface area contributed by atoms with Crippen molar-refractivity contribution in [2.75, 3.05) is 22.2 Å². The minimum Gasteiger partial charge on any atom is -0.508 e. The molecular weight excluding hydrogens is 444 g/mol. The highest BCUT2D eigenvalue weighted by Crippen LogP contribution is 2.28. The van der Waals surface area contributed by atoms with E-state index in [-0.39, 0.29) is 11.7 Å². The molecule has 5 heteroatoms. The zero-order valence-corrected chi connectivity index (χ0v) is 21.8. The molecule has 4 nitrogen and oxygen atoms in total. The Labute approximate surface area is 209 Å². The highest BCUT2D eigenvalue weighted by molar-refractivity contribution is 6.19. The number of phenols is 1. The summed E-state index contributed by atoms with van der Waals surface area (Å²) in [5.41, 5.74) is 6.16. The molecule has 0 unspecified atom stereocenters. The summed E-state index contributed by atoms with van der Waals surface area (Å²) in [5.74, 6) is 0.628. The van der Waals surface area contributed by atoms with E-state index >= 15 is 0 Å². The summed E-state index contributed by atoms with van der Waals surface area (Å²) < 4.78 is 0. The van der Waals surface area contributed by atoms with Crippen LogP contribution in [0.25, 0.3) is 6.08 Å². The average molecular weight is 481 g/mol. The van der Waals surface area contributed by atoms with Crippen LogP contribution in [0.5, 0.6) is 5.75 Å². The maximum atomic E-state index is 13.4. The molecule has 0 spiro atoms. The third-order valence-corrected chi connectivity index (χ3v) is 5.95. The number of halogens is 1. The van der Waals surface area contributed by atoms with Crippen LogP contribution in [0.4, 0.5) is 11.4 Å². The van der Waals surface area contributed by atoms with E-state index in [1.54, 1.807) is 17.0 Å². The minimum absolute atomic E-state index is 0.0304. The van der Waals surface area contributed by atoms with Crippen LogP contribution < -0.4 is 9.80 Å². The Bertz CT molecular complexity index is 1040. The topological polar surface area (TPSA) is 43.8 Å². The summed E-state index contributed by atoms with van der Waals surface area (Å²) >= 11 is 5.93. The highest BCUT2D eigenvalue weighted by atomic mass is 35.5. The van der Waals surface area contributed by atoms with E-state index in [2.05, 4.69) is 29.2 Å². The molecule has 0 fully saturated rings. The van der Waals surface area contributed by atoms with Crippen LogP contribution in [0.15, 0.2) is 72.1 Å². The normalized spacial score (nSPS) is 13.0. The molecule has 0 aliphatic heterocycles. The lowest BCUT2D eigenvalue weighted by Gasteiger charge is -2.29. The number of carbonyl (C=O) groups is 1. The Morgan fingerprint density at radius 1 is 1.06 bits per heavy atom. The molecule has 3 rings (SSSR count). The number of aryl methyl sites for hydroxylation is 1. The molecule has 1 aliphatic rings. The summed E-state index contributed by atoms with van der Waals surface area (Å²) in [6, 6.07) is 13.3. The minimum atomic E-state index is 0.0304. The van der Waals surface area contributed by atoms with Crippen molar-refractivity contribution in [3.05, 3.63) is 83.2 Å². The number of rotatable bonds is 8. The van der Waals surface area contributed by atoms with Crippen LogP contribution in [0.2, 0.25) is 0 Å². The van der Waals surface area contributed by atoms with Crippen molar-refractivity contribution in [1.82, 2.24) is 0 Å². The molecular formula is C29H37ClN2O2. The second-order valence-electron chi connectivity index (χ2n) is 7.90. The molecule has 0 radical (unpaired) electrons. The van der Waals surface area contributed by atoms with Crippen molar-refractivity contribution in [2.24, 2.45) is 0 Å². The van der Waals surface area contributed by atoms with Crippen LogP contribution in [0.1, 0.15) is 58.6 Å². The predicted molar refractivity (Wildman–Crippen MR) is 147 cm³/mol. The van der Waals surface area contributed by atoms with Crippen LogP contribution in [0, 0.1) is 0 Å². The fourth-order valence-electron chi connectivity index (χ4n) is 3.91. The summed E-state index contributed by atoms with van der Waals surface area (Å²) in [6.45, 7) is 10.4. The van der Waals surface area contributed by atoms with Crippen molar-refractivity contribution in [3.63, 3.8) is 0 Å². The van der Waals surface area contributed by atoms with E-state index in [4.69, 9.17) is 11.6 Å². The van der Waals surface area contributed by atoms with Crippen molar-refractivity contribution in [3.8, 4) is 5.75 Å². The number of nitrogens with zero attached hydrogens (tertiary/aromatic N) is 2. The number of hydrogen-bond donors (Lipinski definition) is 1. The Balaban J connectivity index is 0.00000199. The number of phenolic OH excluding ortho intramolecular Hbond substituents is 1. The lowest BCUT2D eigenvalue weighted by Crippen LogP contribution is -2.33.